The van der Waals surface area contributed by atoms with Gasteiger partial charge in [-0.25, -0.2) is 4.98 Å². The number of fused-ring (bicyclic) bond motifs is 1. The van der Waals surface area contributed by atoms with Crippen LogP contribution in [0.1, 0.15) is 9.80 Å². The normalized spacial score (nSPS) is 10.3. The van der Waals surface area contributed by atoms with E-state index < -0.39 is 5.91 Å². The van der Waals surface area contributed by atoms with Crippen LogP contribution in [-0.2, 0) is 0 Å². The largest absolute Gasteiger partial charge is 0.364 e. The number of carbonyl (C=O) groups is 1. The summed E-state index contributed by atoms with van der Waals surface area (Å²) < 4.78 is 0.936. The van der Waals surface area contributed by atoms with Gasteiger partial charge in [-0.1, -0.05) is 6.07 Å². The van der Waals surface area contributed by atoms with Crippen LogP contribution in [0, 0.1) is 6.07 Å². The first-order valence-corrected chi connectivity index (χ1v) is 4.15. The molecule has 0 unspecified atom stereocenters. The molecule has 4 heteroatoms. The summed E-state index contributed by atoms with van der Waals surface area (Å²) >= 11 is 1.29. The molecular weight excluding hydrogens is 172 g/mol. The zero-order valence-electron chi connectivity index (χ0n) is 6.07. The number of primary amides is 1. The topological polar surface area (TPSA) is 56.0 Å². The molecule has 0 aliphatic heterocycles. The molecule has 2 rings (SSSR count). The summed E-state index contributed by atoms with van der Waals surface area (Å²) in [6.45, 7) is 0. The summed E-state index contributed by atoms with van der Waals surface area (Å²) in [5.74, 6) is -0.476. The van der Waals surface area contributed by atoms with Crippen LogP contribution in [0.15, 0.2) is 18.2 Å². The number of hydrogen-bond donors (Lipinski definition) is 1. The molecule has 1 heterocycles. The van der Waals surface area contributed by atoms with E-state index in [4.69, 9.17) is 5.73 Å². The first-order chi connectivity index (χ1) is 5.77. The molecule has 0 spiro atoms. The third-order valence-corrected chi connectivity index (χ3v) is 2.48. The Morgan fingerprint density at radius 1 is 1.67 bits per heavy atom. The lowest BCUT2D eigenvalue weighted by Gasteiger charge is -1.80. The molecular formula is C8H5N2OS. The van der Waals surface area contributed by atoms with Crippen molar-refractivity contribution < 1.29 is 4.79 Å². The maximum atomic E-state index is 10.7. The molecule has 59 valence electrons. The molecule has 1 amide bonds. The number of nitrogens with zero attached hydrogens (tertiary/aromatic N) is 1. The molecule has 0 atom stereocenters. The maximum Gasteiger partial charge on any atom is 0.277 e. The van der Waals surface area contributed by atoms with Crippen LogP contribution in [0.2, 0.25) is 0 Å². The lowest BCUT2D eigenvalue weighted by molar-refractivity contribution is 0.1000. The molecule has 0 saturated heterocycles. The summed E-state index contributed by atoms with van der Waals surface area (Å²) in [6.07, 6.45) is 0. The lowest BCUT2D eigenvalue weighted by Crippen LogP contribution is -2.09. The molecule has 1 aromatic carbocycles. The van der Waals surface area contributed by atoms with Crippen molar-refractivity contribution in [2.45, 2.75) is 0 Å². The SMILES string of the molecule is NC(=O)c1nc2cc[c]cc2s1. The fraction of sp³-hybridized carbons (Fsp3) is 0. The van der Waals surface area contributed by atoms with E-state index in [0.29, 0.717) is 5.01 Å². The van der Waals surface area contributed by atoms with E-state index in [-0.39, 0.29) is 0 Å². The third-order valence-electron chi connectivity index (χ3n) is 1.44. The first kappa shape index (κ1) is 7.24. The lowest BCUT2D eigenvalue weighted by atomic mass is 10.3. The van der Waals surface area contributed by atoms with Gasteiger partial charge in [0.2, 0.25) is 0 Å². The highest BCUT2D eigenvalue weighted by Crippen LogP contribution is 2.20. The minimum atomic E-state index is -0.476. The highest BCUT2D eigenvalue weighted by Gasteiger charge is 2.06. The zero-order chi connectivity index (χ0) is 8.55. The molecule has 2 aromatic rings. The second kappa shape index (κ2) is 2.57. The maximum absolute atomic E-state index is 10.7. The van der Waals surface area contributed by atoms with Gasteiger partial charge in [0, 0.05) is 0 Å². The van der Waals surface area contributed by atoms with Crippen LogP contribution in [0.5, 0.6) is 0 Å². The number of benzene rings is 1. The molecule has 3 nitrogen and oxygen atoms in total. The molecule has 0 aliphatic rings. The Bertz CT molecular complexity index is 402. The van der Waals surface area contributed by atoms with E-state index in [1.807, 2.05) is 0 Å². The van der Waals surface area contributed by atoms with Gasteiger partial charge >= 0.3 is 0 Å². The minimum Gasteiger partial charge on any atom is -0.364 e. The van der Waals surface area contributed by atoms with Crippen molar-refractivity contribution in [1.82, 2.24) is 4.98 Å². The Balaban J connectivity index is 2.70. The van der Waals surface area contributed by atoms with Crippen LogP contribution in [0.25, 0.3) is 10.2 Å². The van der Waals surface area contributed by atoms with Gasteiger partial charge in [0.25, 0.3) is 5.91 Å². The average Bonchev–Trinajstić information content (AvgIpc) is 2.46. The Hall–Kier alpha value is -1.42. The number of nitrogens with two attached hydrogens (primary N) is 1. The van der Waals surface area contributed by atoms with Crippen LogP contribution in [0.3, 0.4) is 0 Å². The molecule has 0 saturated carbocycles. The van der Waals surface area contributed by atoms with E-state index in [9.17, 15) is 4.79 Å². The summed E-state index contributed by atoms with van der Waals surface area (Å²) in [4.78, 5) is 14.8. The number of aromatic nitrogens is 1. The molecule has 1 radical (unpaired) electrons. The van der Waals surface area contributed by atoms with Crippen molar-refractivity contribution in [3.63, 3.8) is 0 Å². The van der Waals surface area contributed by atoms with E-state index in [0.717, 1.165) is 10.2 Å². The fourth-order valence-electron chi connectivity index (χ4n) is 0.923. The molecule has 0 aliphatic carbocycles. The van der Waals surface area contributed by atoms with Crippen LogP contribution in [0.4, 0.5) is 0 Å². The standard InChI is InChI=1S/C8H5N2OS/c9-7(11)8-10-5-3-1-2-4-6(5)12-8/h1,3-4H,(H2,9,11). The van der Waals surface area contributed by atoms with Gasteiger partial charge in [0.15, 0.2) is 5.01 Å². The summed E-state index contributed by atoms with van der Waals surface area (Å²) in [5, 5.41) is 0.351. The minimum absolute atomic E-state index is 0.351. The van der Waals surface area contributed by atoms with Gasteiger partial charge < -0.3 is 5.73 Å². The average molecular weight is 177 g/mol. The van der Waals surface area contributed by atoms with Crippen molar-refractivity contribution >= 4 is 27.5 Å². The van der Waals surface area contributed by atoms with E-state index in [2.05, 4.69) is 11.1 Å². The van der Waals surface area contributed by atoms with Crippen molar-refractivity contribution in [3.8, 4) is 0 Å². The Morgan fingerprint density at radius 2 is 2.50 bits per heavy atom. The van der Waals surface area contributed by atoms with Crippen LogP contribution >= 0.6 is 11.3 Å². The molecule has 0 bridgehead atoms. The summed E-state index contributed by atoms with van der Waals surface area (Å²) in [7, 11) is 0. The van der Waals surface area contributed by atoms with Gasteiger partial charge in [-0.3, -0.25) is 4.79 Å². The van der Waals surface area contributed by atoms with Crippen molar-refractivity contribution in [2.75, 3.05) is 0 Å². The number of carbonyl (C=O) groups excluding carboxylic acids is 1. The Labute approximate surface area is 72.8 Å². The number of thiazole rings is 1. The number of amides is 1. The molecule has 12 heavy (non-hydrogen) atoms. The third kappa shape index (κ3) is 1.06. The van der Waals surface area contributed by atoms with Gasteiger partial charge in [-0.15, -0.1) is 11.3 Å². The summed E-state index contributed by atoms with van der Waals surface area (Å²) in [6, 6.07) is 8.26. The predicted molar refractivity (Wildman–Crippen MR) is 47.0 cm³/mol. The van der Waals surface area contributed by atoms with Crippen LogP contribution < -0.4 is 5.73 Å². The monoisotopic (exact) mass is 177 g/mol. The summed E-state index contributed by atoms with van der Waals surface area (Å²) in [5.41, 5.74) is 5.88. The Kier molecular flexibility index (Phi) is 1.55. The zero-order valence-corrected chi connectivity index (χ0v) is 6.89. The number of rotatable bonds is 1. The quantitative estimate of drug-likeness (QED) is 0.711. The number of hydrogen-bond acceptors (Lipinski definition) is 3. The van der Waals surface area contributed by atoms with Gasteiger partial charge in [0.05, 0.1) is 10.2 Å². The van der Waals surface area contributed by atoms with E-state index >= 15 is 0 Å². The highest BCUT2D eigenvalue weighted by atomic mass is 32.1. The smallest absolute Gasteiger partial charge is 0.277 e. The van der Waals surface area contributed by atoms with Crippen molar-refractivity contribution in [1.29, 1.82) is 0 Å². The van der Waals surface area contributed by atoms with Crippen molar-refractivity contribution in [3.05, 3.63) is 29.3 Å². The second-order valence-corrected chi connectivity index (χ2v) is 3.31. The van der Waals surface area contributed by atoms with E-state index in [1.54, 1.807) is 18.2 Å². The molecule has 2 N–H and O–H groups in total. The highest BCUT2D eigenvalue weighted by molar-refractivity contribution is 7.20. The van der Waals surface area contributed by atoms with Gasteiger partial charge in [0.1, 0.15) is 0 Å². The molecule has 0 fully saturated rings. The van der Waals surface area contributed by atoms with Gasteiger partial charge in [-0.2, -0.15) is 0 Å². The predicted octanol–water partition coefficient (Wildman–Crippen LogP) is 1.20. The Morgan fingerprint density at radius 3 is 3.17 bits per heavy atom. The van der Waals surface area contributed by atoms with Crippen LogP contribution in [-0.4, -0.2) is 10.9 Å². The first-order valence-electron chi connectivity index (χ1n) is 3.34. The molecule has 1 aromatic heterocycles. The van der Waals surface area contributed by atoms with Gasteiger partial charge in [-0.05, 0) is 18.2 Å². The van der Waals surface area contributed by atoms with Crippen molar-refractivity contribution in [2.24, 2.45) is 5.73 Å². The van der Waals surface area contributed by atoms with E-state index in [1.165, 1.54) is 11.3 Å². The second-order valence-electron chi connectivity index (χ2n) is 2.28. The fourth-order valence-corrected chi connectivity index (χ4v) is 1.72.